The van der Waals surface area contributed by atoms with Gasteiger partial charge in [0.1, 0.15) is 5.75 Å². The van der Waals surface area contributed by atoms with Gasteiger partial charge in [-0.1, -0.05) is 32.0 Å². The molecule has 182 valence electrons. The molecular formula is C27H31F3N2O2. The summed E-state index contributed by atoms with van der Waals surface area (Å²) in [5, 5.41) is 1.45. The molecule has 34 heavy (non-hydrogen) atoms. The fraction of sp³-hybridized carbons (Fsp3) is 0.444. The summed E-state index contributed by atoms with van der Waals surface area (Å²) in [5.74, 6) is 0.761. The SMILES string of the molecule is CCc1cc2c(=O)[nH]ccc2cc1OC1CCC(c2cccc(C(F)(F)F)c2)(C(N)CC)CC1. The molecular weight excluding hydrogens is 441 g/mol. The minimum absolute atomic E-state index is 0.0623. The Kier molecular flexibility index (Phi) is 6.76. The van der Waals surface area contributed by atoms with Gasteiger partial charge >= 0.3 is 6.18 Å². The molecule has 1 atom stereocenters. The molecule has 0 spiro atoms. The molecule has 0 bridgehead atoms. The predicted molar refractivity (Wildman–Crippen MR) is 128 cm³/mol. The number of fused-ring (bicyclic) bond motifs is 1. The van der Waals surface area contributed by atoms with Crippen molar-refractivity contribution < 1.29 is 17.9 Å². The average molecular weight is 473 g/mol. The minimum Gasteiger partial charge on any atom is -0.490 e. The van der Waals surface area contributed by atoms with Crippen molar-refractivity contribution in [3.63, 3.8) is 0 Å². The van der Waals surface area contributed by atoms with E-state index >= 15 is 0 Å². The van der Waals surface area contributed by atoms with E-state index in [2.05, 4.69) is 4.98 Å². The number of aromatic nitrogens is 1. The second-order valence-corrected chi connectivity index (χ2v) is 9.27. The van der Waals surface area contributed by atoms with Crippen molar-refractivity contribution >= 4 is 10.8 Å². The van der Waals surface area contributed by atoms with Gasteiger partial charge in [-0.05, 0) is 79.3 Å². The van der Waals surface area contributed by atoms with Crippen LogP contribution in [-0.2, 0) is 18.0 Å². The minimum atomic E-state index is -4.39. The highest BCUT2D eigenvalue weighted by molar-refractivity contribution is 5.84. The van der Waals surface area contributed by atoms with Gasteiger partial charge < -0.3 is 15.5 Å². The number of pyridine rings is 1. The van der Waals surface area contributed by atoms with Crippen molar-refractivity contribution in [1.82, 2.24) is 4.98 Å². The van der Waals surface area contributed by atoms with Crippen molar-refractivity contribution in [1.29, 1.82) is 0 Å². The number of ether oxygens (including phenoxy) is 1. The summed E-state index contributed by atoms with van der Waals surface area (Å²) < 4.78 is 46.6. The lowest BCUT2D eigenvalue weighted by Crippen LogP contribution is -2.49. The normalized spacial score (nSPS) is 22.0. The molecule has 2 aromatic carbocycles. The van der Waals surface area contributed by atoms with Crippen molar-refractivity contribution in [3.05, 3.63) is 75.7 Å². The van der Waals surface area contributed by atoms with Gasteiger partial charge in [-0.25, -0.2) is 0 Å². The summed E-state index contributed by atoms with van der Waals surface area (Å²) in [5.41, 5.74) is 6.89. The van der Waals surface area contributed by atoms with E-state index in [1.807, 2.05) is 32.0 Å². The number of rotatable bonds is 6. The van der Waals surface area contributed by atoms with Crippen LogP contribution in [0.5, 0.6) is 5.75 Å². The number of alkyl halides is 3. The third kappa shape index (κ3) is 4.58. The molecule has 4 nitrogen and oxygen atoms in total. The van der Waals surface area contributed by atoms with E-state index in [0.717, 1.165) is 29.2 Å². The summed E-state index contributed by atoms with van der Waals surface area (Å²) in [6, 6.07) is 11.0. The monoisotopic (exact) mass is 472 g/mol. The van der Waals surface area contributed by atoms with Gasteiger partial charge in [0.2, 0.25) is 0 Å². The molecule has 0 aliphatic heterocycles. The highest BCUT2D eigenvalue weighted by atomic mass is 19.4. The van der Waals surface area contributed by atoms with Gasteiger partial charge in [-0.15, -0.1) is 0 Å². The van der Waals surface area contributed by atoms with E-state index < -0.39 is 17.2 Å². The van der Waals surface area contributed by atoms with Crippen LogP contribution in [0.4, 0.5) is 13.2 Å². The number of benzene rings is 2. The number of hydrogen-bond donors (Lipinski definition) is 2. The molecule has 1 saturated carbocycles. The van der Waals surface area contributed by atoms with Crippen LogP contribution in [0.2, 0.25) is 0 Å². The molecule has 3 aromatic rings. The maximum absolute atomic E-state index is 13.4. The van der Waals surface area contributed by atoms with Crippen LogP contribution < -0.4 is 16.0 Å². The van der Waals surface area contributed by atoms with Crippen LogP contribution >= 0.6 is 0 Å². The lowest BCUT2D eigenvalue weighted by molar-refractivity contribution is -0.137. The van der Waals surface area contributed by atoms with E-state index in [1.165, 1.54) is 12.1 Å². The molecule has 1 unspecified atom stereocenters. The van der Waals surface area contributed by atoms with Crippen molar-refractivity contribution in [2.75, 3.05) is 0 Å². The number of H-pyrrole nitrogens is 1. The predicted octanol–water partition coefficient (Wildman–Crippen LogP) is 6.11. The second-order valence-electron chi connectivity index (χ2n) is 9.27. The maximum Gasteiger partial charge on any atom is 0.416 e. The van der Waals surface area contributed by atoms with E-state index in [4.69, 9.17) is 10.5 Å². The van der Waals surface area contributed by atoms with Gasteiger partial charge in [0.15, 0.2) is 0 Å². The van der Waals surface area contributed by atoms with Crippen molar-refractivity contribution in [2.24, 2.45) is 5.73 Å². The lowest BCUT2D eigenvalue weighted by Gasteiger charge is -2.44. The van der Waals surface area contributed by atoms with Crippen LogP contribution in [0.15, 0.2) is 53.5 Å². The Morgan fingerprint density at radius 3 is 2.53 bits per heavy atom. The highest BCUT2D eigenvalue weighted by Crippen LogP contribution is 2.45. The first-order chi connectivity index (χ1) is 16.2. The van der Waals surface area contributed by atoms with E-state index in [1.54, 1.807) is 12.3 Å². The maximum atomic E-state index is 13.4. The number of hydrogen-bond acceptors (Lipinski definition) is 3. The Balaban J connectivity index is 1.59. The van der Waals surface area contributed by atoms with E-state index in [9.17, 15) is 18.0 Å². The molecule has 0 radical (unpaired) electrons. The molecule has 4 rings (SSSR count). The van der Waals surface area contributed by atoms with Crippen LogP contribution in [0.25, 0.3) is 10.8 Å². The third-order valence-corrected chi connectivity index (χ3v) is 7.37. The molecule has 1 fully saturated rings. The topological polar surface area (TPSA) is 68.1 Å². The summed E-state index contributed by atoms with van der Waals surface area (Å²) in [6.45, 7) is 4.00. The van der Waals surface area contributed by atoms with Crippen LogP contribution in [0.3, 0.4) is 0 Å². The number of aryl methyl sites for hydroxylation is 1. The van der Waals surface area contributed by atoms with Crippen molar-refractivity contribution in [3.8, 4) is 5.75 Å². The summed E-state index contributed by atoms with van der Waals surface area (Å²) in [7, 11) is 0. The molecule has 0 amide bonds. The third-order valence-electron chi connectivity index (χ3n) is 7.37. The zero-order chi connectivity index (χ0) is 24.5. The van der Waals surface area contributed by atoms with Crippen LogP contribution in [-0.4, -0.2) is 17.1 Å². The number of nitrogens with one attached hydrogen (secondary N) is 1. The molecule has 1 aliphatic carbocycles. The second kappa shape index (κ2) is 9.45. The molecule has 1 aromatic heterocycles. The summed E-state index contributed by atoms with van der Waals surface area (Å²) >= 11 is 0. The van der Waals surface area contributed by atoms with E-state index in [0.29, 0.717) is 43.1 Å². The van der Waals surface area contributed by atoms with Gasteiger partial charge in [0.05, 0.1) is 11.7 Å². The van der Waals surface area contributed by atoms with Crippen LogP contribution in [0, 0.1) is 0 Å². The van der Waals surface area contributed by atoms with Gasteiger partial charge in [0.25, 0.3) is 5.56 Å². The van der Waals surface area contributed by atoms with Gasteiger partial charge in [-0.3, -0.25) is 4.79 Å². The Labute approximate surface area is 197 Å². The molecule has 0 saturated heterocycles. The summed E-state index contributed by atoms with van der Waals surface area (Å²) in [6.07, 6.45) is 1.28. The fourth-order valence-electron chi connectivity index (χ4n) is 5.32. The highest BCUT2D eigenvalue weighted by Gasteiger charge is 2.43. The molecule has 7 heteroatoms. The number of nitrogens with two attached hydrogens (primary N) is 1. The fourth-order valence-corrected chi connectivity index (χ4v) is 5.32. The number of halogens is 3. The molecule has 1 heterocycles. The van der Waals surface area contributed by atoms with Gasteiger partial charge in [0, 0.05) is 23.0 Å². The average Bonchev–Trinajstić information content (AvgIpc) is 2.83. The largest absolute Gasteiger partial charge is 0.490 e. The van der Waals surface area contributed by atoms with Gasteiger partial charge in [-0.2, -0.15) is 13.2 Å². The first-order valence-electron chi connectivity index (χ1n) is 11.9. The smallest absolute Gasteiger partial charge is 0.416 e. The Hall–Kier alpha value is -2.80. The molecule has 3 N–H and O–H groups in total. The number of aromatic amines is 1. The zero-order valence-corrected chi connectivity index (χ0v) is 19.5. The molecule has 1 aliphatic rings. The van der Waals surface area contributed by atoms with E-state index in [-0.39, 0.29) is 17.7 Å². The standard InChI is InChI=1S/C27H31F3N2O2/c1-3-17-14-22-18(10-13-32-25(22)33)15-23(17)34-21-8-11-26(12-9-21,24(31)4-2)19-6-5-7-20(16-19)27(28,29)30/h5-7,10,13-16,21,24H,3-4,8-9,11-12,31H2,1-2H3,(H,32,33). The van der Waals surface area contributed by atoms with Crippen LogP contribution in [0.1, 0.15) is 62.6 Å². The summed E-state index contributed by atoms with van der Waals surface area (Å²) in [4.78, 5) is 14.9. The van der Waals surface area contributed by atoms with Crippen molar-refractivity contribution in [2.45, 2.75) is 76.1 Å². The Morgan fingerprint density at radius 2 is 1.88 bits per heavy atom. The lowest BCUT2D eigenvalue weighted by atomic mass is 9.63. The zero-order valence-electron chi connectivity index (χ0n) is 19.5. The first-order valence-corrected chi connectivity index (χ1v) is 11.9. The Bertz CT molecular complexity index is 1210. The first kappa shape index (κ1) is 24.3. The quantitative estimate of drug-likeness (QED) is 0.455. The Morgan fingerprint density at radius 1 is 1.15 bits per heavy atom.